The highest BCUT2D eigenvalue weighted by Crippen LogP contribution is 2.72. The predicted molar refractivity (Wildman–Crippen MR) is 390 cm³/mol. The Balaban J connectivity index is 0.000000116. The van der Waals surface area contributed by atoms with E-state index in [0.717, 1.165) is 147 Å². The molecule has 2 N–H and O–H groups in total. The molecule has 0 heterocycles. The lowest BCUT2D eigenvalue weighted by molar-refractivity contribution is -0.140. The Morgan fingerprint density at radius 3 is 1.26 bits per heavy atom. The maximum absolute atomic E-state index is 11.9. The summed E-state index contributed by atoms with van der Waals surface area (Å²) in [6.07, 6.45) is 41.9. The van der Waals surface area contributed by atoms with E-state index in [0.29, 0.717) is 108 Å². The Morgan fingerprint density at radius 2 is 0.792 bits per heavy atom. The first kappa shape index (κ1) is 70.9. The molecule has 0 aromatic carbocycles. The Labute approximate surface area is 594 Å². The molecule has 15 heteroatoms. The lowest BCUT2D eigenvalue weighted by Crippen LogP contribution is -2.54. The fraction of sp³-hybridized carbons (Fsp3) is 0.778. The number of nitrogens with zero attached hydrogens (tertiary/aromatic N) is 4. The molecule has 16 aliphatic carbocycles. The number of ketones is 4. The molecule has 11 nitrogen and oxygen atoms in total. The van der Waals surface area contributed by atoms with E-state index in [1.165, 1.54) is 66.5 Å². The maximum Gasteiger partial charge on any atom is 0.173 e. The Hall–Kier alpha value is -3.54. The maximum atomic E-state index is 11.9. The van der Waals surface area contributed by atoms with Crippen molar-refractivity contribution < 1.29 is 34.1 Å². The molecule has 96 heavy (non-hydrogen) atoms. The van der Waals surface area contributed by atoms with E-state index in [1.54, 1.807) is 7.11 Å². The van der Waals surface area contributed by atoms with Crippen molar-refractivity contribution in [2.24, 2.45) is 134 Å². The molecule has 11 saturated carbocycles. The normalized spacial score (nSPS) is 48.6. The third-order valence-corrected chi connectivity index (χ3v) is 33.2. The standard InChI is InChI=1S/C21H29NO2S.2C20H27NO2S.C20H25NOS/c1-19-9-6-15(23)12-14(19)4-5-16-17(19)7-10-20(2)18(16)8-11-21(20,24-3)22-13-25;2*1-18-8-5-14(22)11-13(18)3-4-15-16(18)6-9-19(2)17(15)7-10-20(19,23)21-12-24;1-19-9-7-14(22)11-13(19)3-4-15-16-5-6-18(21-12-23)20(16,2)10-8-17(15)19/h12,16-18H,4-11H2,1-3H3;11,15-17,23H,3-10H2,1-2H3;3,15-17,23H,4-11H2,1-2H3;6,11,15-17H,3-5,7-10H2,1-2H3/t16?,17-,18-,19+,20+,21-;2*15?,16-,17-,18+,19+,20+;15?,16-,17-,19+,20+/m1111/s1. The van der Waals surface area contributed by atoms with Gasteiger partial charge in [0.05, 0.1) is 26.3 Å². The largest absolute Gasteiger partial charge is 0.368 e. The quantitative estimate of drug-likeness (QED) is 0.153. The number of carbonyl (C=O) groups is 4. The van der Waals surface area contributed by atoms with Gasteiger partial charge in [-0.2, -0.15) is 20.0 Å². The molecule has 23 atom stereocenters. The summed E-state index contributed by atoms with van der Waals surface area (Å²) in [5.41, 5.74) is 5.05. The monoisotopic (exact) mass is 1380 g/mol. The lowest BCUT2D eigenvalue weighted by Gasteiger charge is -2.58. The van der Waals surface area contributed by atoms with E-state index < -0.39 is 17.2 Å². The van der Waals surface area contributed by atoms with Crippen molar-refractivity contribution in [3.8, 4) is 0 Å². The SMILES string of the molecule is CO[C@]1(N=C=S)CC[C@@H]2C3CCC4=CC(=O)CC[C@]4(C)[C@@H]3CC[C@@]21C.C[C@]12CCC(=O)C=C1CCC1[C@H]2CC[C@@]2(C)[C@@H]1CC[C@@]2(O)N=C=S.C[C@]12CCC(=O)C=C1CCC1[C@H]2CC[C@]2(C)C(N=C=S)=CC[C@H]12.C[C@]12CCC(=O)CC1=CCC1[C@H]2CC[C@@]2(C)[C@@H]1CC[C@@]2(O)N=C=S. The predicted octanol–water partition coefficient (Wildman–Crippen LogP) is 18.7. The molecule has 16 aliphatic rings. The van der Waals surface area contributed by atoms with Crippen LogP contribution in [0.25, 0.3) is 0 Å². The molecule has 0 saturated heterocycles. The molecular weight excluding hydrogens is 1270 g/mol. The van der Waals surface area contributed by atoms with Crippen molar-refractivity contribution in [2.75, 3.05) is 7.11 Å². The van der Waals surface area contributed by atoms with Crippen molar-refractivity contribution in [3.63, 3.8) is 0 Å². The Kier molecular flexibility index (Phi) is 19.0. The zero-order valence-corrected chi connectivity index (χ0v) is 62.4. The van der Waals surface area contributed by atoms with Crippen LogP contribution in [0.5, 0.6) is 0 Å². The molecule has 518 valence electrons. The van der Waals surface area contributed by atoms with Crippen LogP contribution in [0.1, 0.15) is 254 Å². The minimum absolute atomic E-state index is 0.0524. The first-order valence-corrected chi connectivity index (χ1v) is 39.2. The summed E-state index contributed by atoms with van der Waals surface area (Å²) in [5.74, 6) is 9.13. The van der Waals surface area contributed by atoms with Gasteiger partial charge >= 0.3 is 0 Å². The van der Waals surface area contributed by atoms with E-state index in [4.69, 9.17) is 53.6 Å². The second-order valence-corrected chi connectivity index (χ2v) is 36.3. The van der Waals surface area contributed by atoms with Gasteiger partial charge in [-0.25, -0.2) is 0 Å². The summed E-state index contributed by atoms with van der Waals surface area (Å²) in [4.78, 5) is 65.0. The first-order chi connectivity index (χ1) is 45.6. The molecule has 0 aromatic rings. The highest BCUT2D eigenvalue weighted by atomic mass is 32.1. The summed E-state index contributed by atoms with van der Waals surface area (Å²) in [5, 5.41) is 32.3. The molecule has 0 amide bonds. The number of aliphatic hydroxyl groups is 2. The zero-order chi connectivity index (χ0) is 68.4. The summed E-state index contributed by atoms with van der Waals surface area (Å²) < 4.78 is 5.99. The van der Waals surface area contributed by atoms with E-state index in [2.05, 4.69) is 108 Å². The van der Waals surface area contributed by atoms with Gasteiger partial charge in [0.1, 0.15) is 5.78 Å². The number of aliphatic imine (C=N–C) groups is 4. The molecule has 0 bridgehead atoms. The van der Waals surface area contributed by atoms with Crippen LogP contribution in [-0.4, -0.2) is 78.3 Å². The molecule has 16 rings (SSSR count). The Morgan fingerprint density at radius 1 is 0.396 bits per heavy atom. The fourth-order valence-electron chi connectivity index (χ4n) is 27.0. The van der Waals surface area contributed by atoms with E-state index in [-0.39, 0.29) is 43.3 Å². The van der Waals surface area contributed by atoms with Crippen LogP contribution in [0.3, 0.4) is 0 Å². The molecule has 0 radical (unpaired) electrons. The van der Waals surface area contributed by atoms with Crippen LogP contribution in [-0.2, 0) is 23.9 Å². The minimum Gasteiger partial charge on any atom is -0.368 e. The average molecular weight is 1380 g/mol. The van der Waals surface area contributed by atoms with Gasteiger partial charge in [0.2, 0.25) is 0 Å². The third kappa shape index (κ3) is 10.8. The van der Waals surface area contributed by atoms with Crippen LogP contribution >= 0.6 is 48.9 Å². The second-order valence-electron chi connectivity index (χ2n) is 35.6. The molecular formula is C81H108N4O7S4. The van der Waals surface area contributed by atoms with Crippen LogP contribution in [0, 0.1) is 114 Å². The summed E-state index contributed by atoms with van der Waals surface area (Å²) >= 11 is 19.4. The van der Waals surface area contributed by atoms with E-state index >= 15 is 0 Å². The van der Waals surface area contributed by atoms with Gasteiger partial charge in [0.25, 0.3) is 0 Å². The van der Waals surface area contributed by atoms with Crippen LogP contribution in [0.4, 0.5) is 0 Å². The number of allylic oxidation sites excluding steroid dienone is 8. The number of thiocarbonyl (C=S) groups is 4. The fourth-order valence-corrected chi connectivity index (χ4v) is 27.6. The zero-order valence-electron chi connectivity index (χ0n) is 59.1. The second kappa shape index (κ2) is 25.8. The van der Waals surface area contributed by atoms with E-state index in [9.17, 15) is 29.4 Å². The van der Waals surface area contributed by atoms with Gasteiger partial charge in [0.15, 0.2) is 34.5 Å². The number of isothiocyanates is 4. The highest BCUT2D eigenvalue weighted by molar-refractivity contribution is 7.78. The molecule has 11 fully saturated rings. The van der Waals surface area contributed by atoms with Crippen molar-refractivity contribution in [1.29, 1.82) is 0 Å². The third-order valence-electron chi connectivity index (χ3n) is 32.8. The molecule has 4 unspecified atom stereocenters. The summed E-state index contributed by atoms with van der Waals surface area (Å²) in [6.45, 7) is 18.8. The van der Waals surface area contributed by atoms with Gasteiger partial charge in [-0.3, -0.25) is 19.2 Å². The average Bonchev–Trinajstić information content (AvgIpc) is 1.51. The van der Waals surface area contributed by atoms with Crippen molar-refractivity contribution in [3.05, 3.63) is 58.4 Å². The van der Waals surface area contributed by atoms with Crippen LogP contribution < -0.4 is 0 Å². The minimum atomic E-state index is -1.03. The topological polar surface area (TPSA) is 167 Å². The van der Waals surface area contributed by atoms with Gasteiger partial charge in [-0.15, -0.1) is 0 Å². The van der Waals surface area contributed by atoms with E-state index in [1.807, 2.05) is 18.2 Å². The van der Waals surface area contributed by atoms with Crippen molar-refractivity contribution in [1.82, 2.24) is 0 Å². The molecule has 0 spiro atoms. The van der Waals surface area contributed by atoms with Crippen LogP contribution in [0.2, 0.25) is 0 Å². The van der Waals surface area contributed by atoms with Gasteiger partial charge < -0.3 is 14.9 Å². The summed E-state index contributed by atoms with van der Waals surface area (Å²) in [6, 6.07) is 0. The van der Waals surface area contributed by atoms with Crippen molar-refractivity contribution >= 4 is 92.6 Å². The number of rotatable bonds is 5. The number of carbonyl (C=O) groups excluding carboxylic acids is 4. The number of hydrogen-bond acceptors (Lipinski definition) is 15. The first-order valence-electron chi connectivity index (χ1n) is 37.6. The highest BCUT2D eigenvalue weighted by Gasteiger charge is 2.68. The number of ether oxygens (including phenoxy) is 1. The number of fused-ring (bicyclic) bond motifs is 20. The lowest BCUT2D eigenvalue weighted by atomic mass is 9.47. The van der Waals surface area contributed by atoms with Gasteiger partial charge in [-0.05, 0) is 327 Å². The van der Waals surface area contributed by atoms with Gasteiger partial charge in [0, 0.05) is 60.9 Å². The Bertz CT molecular complexity index is 3610. The summed E-state index contributed by atoms with van der Waals surface area (Å²) in [7, 11) is 1.78. The number of methoxy groups -OCH3 is 1. The number of hydrogen-bond donors (Lipinski definition) is 2. The van der Waals surface area contributed by atoms with Crippen molar-refractivity contribution in [2.45, 2.75) is 272 Å². The van der Waals surface area contributed by atoms with Gasteiger partial charge in [-0.1, -0.05) is 89.8 Å². The van der Waals surface area contributed by atoms with Crippen LogP contribution in [0.15, 0.2) is 78.3 Å². The molecule has 0 aliphatic heterocycles. The number of Topliss-reactive ketones (excluding diaryl/α,β-unsaturated/α-hetero) is 1. The smallest absolute Gasteiger partial charge is 0.173 e. The molecule has 0 aromatic heterocycles.